The number of nitrogens with zero attached hydrogens (tertiary/aromatic N) is 1. The van der Waals surface area contributed by atoms with Crippen LogP contribution in [0, 0.1) is 11.3 Å². The smallest absolute Gasteiger partial charge is 0.161 e. The summed E-state index contributed by atoms with van der Waals surface area (Å²) in [6.07, 6.45) is 1.78. The van der Waals surface area contributed by atoms with Crippen molar-refractivity contribution in [1.29, 1.82) is 5.26 Å². The molecule has 0 aromatic heterocycles. The molecule has 0 saturated heterocycles. The van der Waals surface area contributed by atoms with Crippen molar-refractivity contribution in [3.8, 4) is 29.1 Å². The van der Waals surface area contributed by atoms with Crippen molar-refractivity contribution < 1.29 is 18.9 Å². The molecule has 0 radical (unpaired) electrons. The van der Waals surface area contributed by atoms with E-state index < -0.39 is 0 Å². The van der Waals surface area contributed by atoms with Gasteiger partial charge < -0.3 is 18.9 Å². The number of allylic oxidation sites excluding steroid dienone is 1. The Morgan fingerprint density at radius 1 is 0.792 bits per heavy atom. The van der Waals surface area contributed by atoms with Crippen molar-refractivity contribution in [3.05, 3.63) is 47.5 Å². The van der Waals surface area contributed by atoms with Crippen molar-refractivity contribution in [1.82, 2.24) is 0 Å². The Morgan fingerprint density at radius 3 is 1.88 bits per heavy atom. The summed E-state index contributed by atoms with van der Waals surface area (Å²) in [5.41, 5.74) is 2.08. The summed E-state index contributed by atoms with van der Waals surface area (Å²) in [5.74, 6) is 2.43. The molecular formula is C19H19NO4. The van der Waals surface area contributed by atoms with Gasteiger partial charge >= 0.3 is 0 Å². The molecule has 0 fully saturated rings. The summed E-state index contributed by atoms with van der Waals surface area (Å²) in [6, 6.07) is 13.1. The van der Waals surface area contributed by atoms with Gasteiger partial charge in [0.2, 0.25) is 0 Å². The van der Waals surface area contributed by atoms with E-state index >= 15 is 0 Å². The summed E-state index contributed by atoms with van der Waals surface area (Å²) < 4.78 is 21.0. The Morgan fingerprint density at radius 2 is 1.33 bits per heavy atom. The van der Waals surface area contributed by atoms with Crippen LogP contribution in [0.2, 0.25) is 0 Å². The van der Waals surface area contributed by atoms with Gasteiger partial charge in [-0.2, -0.15) is 5.26 Å². The molecule has 0 aliphatic carbocycles. The first-order valence-electron chi connectivity index (χ1n) is 7.23. The van der Waals surface area contributed by atoms with Gasteiger partial charge in [-0.3, -0.25) is 0 Å². The Labute approximate surface area is 141 Å². The van der Waals surface area contributed by atoms with E-state index in [2.05, 4.69) is 6.07 Å². The van der Waals surface area contributed by atoms with Crippen molar-refractivity contribution in [2.24, 2.45) is 0 Å². The zero-order valence-corrected chi connectivity index (χ0v) is 14.1. The highest BCUT2D eigenvalue weighted by atomic mass is 16.5. The predicted molar refractivity (Wildman–Crippen MR) is 92.6 cm³/mol. The van der Waals surface area contributed by atoms with Crippen LogP contribution in [-0.4, -0.2) is 28.4 Å². The molecular weight excluding hydrogens is 306 g/mol. The molecule has 0 unspecified atom stereocenters. The standard InChI is InChI=1S/C19H19NO4/c1-21-16-7-5-13(10-18(16)23-3)9-15(12-20)14-6-8-17(22-2)19(11-14)24-4/h5-11H,1-4H3/b15-9-. The lowest BCUT2D eigenvalue weighted by Gasteiger charge is -2.10. The van der Waals surface area contributed by atoms with E-state index in [9.17, 15) is 5.26 Å². The third-order valence-electron chi connectivity index (χ3n) is 3.53. The molecule has 5 heteroatoms. The average Bonchev–Trinajstić information content (AvgIpc) is 2.65. The maximum atomic E-state index is 9.51. The Balaban J connectivity index is 2.45. The molecule has 0 heterocycles. The molecule has 0 saturated carbocycles. The molecule has 2 aromatic rings. The van der Waals surface area contributed by atoms with E-state index in [-0.39, 0.29) is 0 Å². The quantitative estimate of drug-likeness (QED) is 0.597. The number of methoxy groups -OCH3 is 4. The van der Waals surface area contributed by atoms with Gasteiger partial charge in [0.15, 0.2) is 23.0 Å². The van der Waals surface area contributed by atoms with Gasteiger partial charge in [0.05, 0.1) is 40.1 Å². The fourth-order valence-electron chi connectivity index (χ4n) is 2.29. The maximum Gasteiger partial charge on any atom is 0.161 e. The topological polar surface area (TPSA) is 60.7 Å². The number of hydrogen-bond donors (Lipinski definition) is 0. The lowest BCUT2D eigenvalue weighted by atomic mass is 10.0. The summed E-state index contributed by atoms with van der Waals surface area (Å²) in [6.45, 7) is 0. The third kappa shape index (κ3) is 3.61. The molecule has 124 valence electrons. The molecule has 0 atom stereocenters. The van der Waals surface area contributed by atoms with E-state index in [0.29, 0.717) is 28.6 Å². The van der Waals surface area contributed by atoms with Gasteiger partial charge in [0.25, 0.3) is 0 Å². The average molecular weight is 325 g/mol. The number of rotatable bonds is 6. The summed E-state index contributed by atoms with van der Waals surface area (Å²) in [5, 5.41) is 9.51. The molecule has 5 nitrogen and oxygen atoms in total. The highest BCUT2D eigenvalue weighted by Crippen LogP contribution is 2.32. The predicted octanol–water partition coefficient (Wildman–Crippen LogP) is 3.79. The monoisotopic (exact) mass is 325 g/mol. The van der Waals surface area contributed by atoms with Crippen LogP contribution in [0.25, 0.3) is 11.6 Å². The second kappa shape index (κ2) is 7.93. The molecule has 0 amide bonds. The summed E-state index contributed by atoms with van der Waals surface area (Å²) >= 11 is 0. The Kier molecular flexibility index (Phi) is 5.69. The minimum absolute atomic E-state index is 0.503. The van der Waals surface area contributed by atoms with E-state index in [0.717, 1.165) is 11.1 Å². The van der Waals surface area contributed by atoms with Crippen LogP contribution >= 0.6 is 0 Å². The van der Waals surface area contributed by atoms with E-state index in [1.165, 1.54) is 0 Å². The molecule has 2 aromatic carbocycles. The number of ether oxygens (including phenoxy) is 4. The van der Waals surface area contributed by atoms with Crippen LogP contribution in [0.5, 0.6) is 23.0 Å². The first kappa shape index (κ1) is 17.2. The third-order valence-corrected chi connectivity index (χ3v) is 3.53. The number of nitriles is 1. The fourth-order valence-corrected chi connectivity index (χ4v) is 2.29. The van der Waals surface area contributed by atoms with E-state index in [1.54, 1.807) is 52.7 Å². The van der Waals surface area contributed by atoms with Crippen molar-refractivity contribution in [2.45, 2.75) is 0 Å². The number of hydrogen-bond acceptors (Lipinski definition) is 5. The summed E-state index contributed by atoms with van der Waals surface area (Å²) in [4.78, 5) is 0. The lowest BCUT2D eigenvalue weighted by molar-refractivity contribution is 0.355. The first-order valence-corrected chi connectivity index (χ1v) is 7.23. The SMILES string of the molecule is COc1ccc(/C=C(/C#N)c2ccc(OC)c(OC)c2)cc1OC. The minimum Gasteiger partial charge on any atom is -0.493 e. The van der Waals surface area contributed by atoms with E-state index in [1.807, 2.05) is 18.2 Å². The summed E-state index contributed by atoms with van der Waals surface area (Å²) in [7, 11) is 6.29. The fraction of sp³-hybridized carbons (Fsp3) is 0.211. The molecule has 0 bridgehead atoms. The normalized spacial score (nSPS) is 10.7. The molecule has 0 N–H and O–H groups in total. The van der Waals surface area contributed by atoms with Crippen molar-refractivity contribution in [3.63, 3.8) is 0 Å². The highest BCUT2D eigenvalue weighted by molar-refractivity contribution is 5.90. The molecule has 0 aliphatic rings. The molecule has 0 spiro atoms. The molecule has 2 rings (SSSR count). The molecule has 24 heavy (non-hydrogen) atoms. The van der Waals surface area contributed by atoms with Gasteiger partial charge in [0.1, 0.15) is 0 Å². The zero-order chi connectivity index (χ0) is 17.5. The second-order valence-electron chi connectivity index (χ2n) is 4.85. The van der Waals surface area contributed by atoms with Crippen molar-refractivity contribution in [2.75, 3.05) is 28.4 Å². The lowest BCUT2D eigenvalue weighted by Crippen LogP contribution is -1.93. The van der Waals surface area contributed by atoms with Crippen LogP contribution in [0.4, 0.5) is 0 Å². The van der Waals surface area contributed by atoms with Crippen molar-refractivity contribution >= 4 is 11.6 Å². The second-order valence-corrected chi connectivity index (χ2v) is 4.85. The largest absolute Gasteiger partial charge is 0.493 e. The van der Waals surface area contributed by atoms with Crippen LogP contribution in [-0.2, 0) is 0 Å². The first-order chi connectivity index (χ1) is 11.7. The van der Waals surface area contributed by atoms with Crippen LogP contribution in [0.1, 0.15) is 11.1 Å². The number of benzene rings is 2. The van der Waals surface area contributed by atoms with Gasteiger partial charge in [-0.15, -0.1) is 0 Å². The highest BCUT2D eigenvalue weighted by Gasteiger charge is 2.09. The van der Waals surface area contributed by atoms with Gasteiger partial charge in [0, 0.05) is 0 Å². The Hall–Kier alpha value is -3.13. The maximum absolute atomic E-state index is 9.51. The van der Waals surface area contributed by atoms with Crippen LogP contribution in [0.3, 0.4) is 0 Å². The molecule has 0 aliphatic heterocycles. The van der Waals surface area contributed by atoms with E-state index in [4.69, 9.17) is 18.9 Å². The minimum atomic E-state index is 0.503. The van der Waals surface area contributed by atoms with Crippen LogP contribution in [0.15, 0.2) is 36.4 Å². The zero-order valence-electron chi connectivity index (χ0n) is 14.1. The van der Waals surface area contributed by atoms with Gasteiger partial charge in [-0.05, 0) is 47.5 Å². The Bertz CT molecular complexity index is 790. The van der Waals surface area contributed by atoms with Gasteiger partial charge in [-0.25, -0.2) is 0 Å². The van der Waals surface area contributed by atoms with Gasteiger partial charge in [-0.1, -0.05) is 6.07 Å². The van der Waals surface area contributed by atoms with Crippen LogP contribution < -0.4 is 18.9 Å².